The van der Waals surface area contributed by atoms with Crippen molar-refractivity contribution in [3.8, 4) is 0 Å². The van der Waals surface area contributed by atoms with E-state index < -0.39 is 0 Å². The fraction of sp³-hybridized carbons (Fsp3) is 0.267. The number of hydrogen-bond donors (Lipinski definition) is 2. The fourth-order valence-electron chi connectivity index (χ4n) is 2.95. The van der Waals surface area contributed by atoms with Gasteiger partial charge in [0.1, 0.15) is 0 Å². The molecule has 0 spiro atoms. The predicted molar refractivity (Wildman–Crippen MR) is 84.7 cm³/mol. The van der Waals surface area contributed by atoms with E-state index in [-0.39, 0.29) is 0 Å². The Morgan fingerprint density at radius 2 is 2.35 bits per heavy atom. The molecule has 0 saturated heterocycles. The van der Waals surface area contributed by atoms with Gasteiger partial charge in [0.25, 0.3) is 0 Å². The Bertz CT molecular complexity index is 761. The van der Waals surface area contributed by atoms with Crippen LogP contribution >= 0.6 is 22.9 Å². The smallest absolute Gasteiger partial charge is 0.0934 e. The number of rotatable bonds is 2. The average Bonchev–Trinajstić information content (AvgIpc) is 3.05. The van der Waals surface area contributed by atoms with Gasteiger partial charge in [-0.05, 0) is 43.0 Å². The number of fused-ring (bicyclic) bond motifs is 2. The maximum atomic E-state index is 6.17. The number of benzene rings is 1. The molecule has 1 atom stereocenters. The van der Waals surface area contributed by atoms with Crippen LogP contribution in [0.2, 0.25) is 4.34 Å². The second kappa shape index (κ2) is 4.79. The van der Waals surface area contributed by atoms with Crippen molar-refractivity contribution in [2.75, 3.05) is 5.32 Å². The first-order valence-corrected chi connectivity index (χ1v) is 7.97. The molecule has 1 aliphatic carbocycles. The van der Waals surface area contributed by atoms with Crippen LogP contribution in [-0.4, -0.2) is 10.2 Å². The molecule has 1 aliphatic rings. The normalized spacial score (nSPS) is 18.1. The van der Waals surface area contributed by atoms with Gasteiger partial charge in [-0.3, -0.25) is 5.10 Å². The zero-order valence-electron chi connectivity index (χ0n) is 10.8. The Balaban J connectivity index is 1.71. The van der Waals surface area contributed by atoms with E-state index in [0.29, 0.717) is 6.04 Å². The van der Waals surface area contributed by atoms with E-state index in [4.69, 9.17) is 11.6 Å². The summed E-state index contributed by atoms with van der Waals surface area (Å²) in [7, 11) is 0. The minimum absolute atomic E-state index is 0.350. The highest BCUT2D eigenvalue weighted by Crippen LogP contribution is 2.40. The Kier molecular flexibility index (Phi) is 2.93. The van der Waals surface area contributed by atoms with Gasteiger partial charge in [0.15, 0.2) is 0 Å². The number of nitrogens with zero attached hydrogens (tertiary/aromatic N) is 1. The summed E-state index contributed by atoms with van der Waals surface area (Å²) in [5.41, 5.74) is 3.57. The van der Waals surface area contributed by atoms with Crippen molar-refractivity contribution < 1.29 is 0 Å². The van der Waals surface area contributed by atoms with Crippen molar-refractivity contribution in [3.05, 3.63) is 45.2 Å². The summed E-state index contributed by atoms with van der Waals surface area (Å²) in [5.74, 6) is 0. The van der Waals surface area contributed by atoms with Crippen molar-refractivity contribution in [3.63, 3.8) is 0 Å². The van der Waals surface area contributed by atoms with Crippen molar-refractivity contribution in [1.82, 2.24) is 10.2 Å². The minimum atomic E-state index is 0.350. The third-order valence-electron chi connectivity index (χ3n) is 3.90. The van der Waals surface area contributed by atoms with Crippen molar-refractivity contribution >= 4 is 39.5 Å². The second-order valence-corrected chi connectivity index (χ2v) is 6.92. The van der Waals surface area contributed by atoms with Gasteiger partial charge < -0.3 is 5.32 Å². The zero-order valence-corrected chi connectivity index (χ0v) is 12.4. The lowest BCUT2D eigenvalue weighted by Gasteiger charge is -2.25. The van der Waals surface area contributed by atoms with Crippen molar-refractivity contribution in [2.45, 2.75) is 25.3 Å². The highest BCUT2D eigenvalue weighted by atomic mass is 35.5. The molecule has 4 rings (SSSR count). The number of aromatic nitrogens is 2. The van der Waals surface area contributed by atoms with Gasteiger partial charge in [0, 0.05) is 16.0 Å². The van der Waals surface area contributed by atoms with Gasteiger partial charge in [-0.25, -0.2) is 0 Å². The second-order valence-electron chi connectivity index (χ2n) is 5.15. The highest BCUT2D eigenvalue weighted by molar-refractivity contribution is 7.16. The molecule has 0 fully saturated rings. The molecule has 5 heteroatoms. The predicted octanol–water partition coefficient (Wildman–Crippen LogP) is 4.77. The molecule has 0 radical (unpaired) electrons. The molecule has 2 N–H and O–H groups in total. The van der Waals surface area contributed by atoms with E-state index in [1.165, 1.54) is 16.9 Å². The monoisotopic (exact) mass is 303 g/mol. The van der Waals surface area contributed by atoms with Crippen LogP contribution in [0.5, 0.6) is 0 Å². The van der Waals surface area contributed by atoms with Crippen molar-refractivity contribution in [1.29, 1.82) is 0 Å². The zero-order chi connectivity index (χ0) is 13.5. The third-order valence-corrected chi connectivity index (χ3v) is 5.24. The molecule has 0 saturated carbocycles. The molecule has 1 aromatic carbocycles. The summed E-state index contributed by atoms with van der Waals surface area (Å²) in [6.45, 7) is 0. The Labute approximate surface area is 126 Å². The van der Waals surface area contributed by atoms with Crippen LogP contribution in [0, 0.1) is 0 Å². The number of halogens is 1. The Morgan fingerprint density at radius 1 is 1.40 bits per heavy atom. The van der Waals surface area contributed by atoms with Crippen molar-refractivity contribution in [2.24, 2.45) is 0 Å². The Hall–Kier alpha value is -1.52. The third kappa shape index (κ3) is 2.00. The van der Waals surface area contributed by atoms with Gasteiger partial charge in [-0.1, -0.05) is 17.7 Å². The Morgan fingerprint density at radius 3 is 3.30 bits per heavy atom. The summed E-state index contributed by atoms with van der Waals surface area (Å²) in [6.07, 6.45) is 5.39. The number of aryl methyl sites for hydroxylation is 1. The van der Waals surface area contributed by atoms with Crippen LogP contribution in [0.1, 0.15) is 29.3 Å². The standard InChI is InChI=1S/C15H14ClN3S/c16-15-7-9-11(4-2-6-14(9)20-15)18-12-3-1-5-13-10(12)8-17-19-13/h1,3,5,7-8,11,18H,2,4,6H2,(H,17,19). The van der Waals surface area contributed by atoms with E-state index in [1.807, 2.05) is 18.3 Å². The summed E-state index contributed by atoms with van der Waals surface area (Å²) in [4.78, 5) is 1.43. The molecular formula is C15H14ClN3S. The molecule has 0 amide bonds. The summed E-state index contributed by atoms with van der Waals surface area (Å²) in [6, 6.07) is 8.67. The first kappa shape index (κ1) is 12.2. The van der Waals surface area contributed by atoms with E-state index in [9.17, 15) is 0 Å². The minimum Gasteiger partial charge on any atom is -0.378 e. The molecule has 0 aliphatic heterocycles. The molecular weight excluding hydrogens is 290 g/mol. The van der Waals surface area contributed by atoms with E-state index >= 15 is 0 Å². The first-order chi connectivity index (χ1) is 9.81. The van der Waals surface area contributed by atoms with Gasteiger partial charge in [-0.15, -0.1) is 11.3 Å². The summed E-state index contributed by atoms with van der Waals surface area (Å²) >= 11 is 7.89. The molecule has 3 aromatic rings. The molecule has 2 aromatic heterocycles. The number of anilines is 1. The number of nitrogens with one attached hydrogen (secondary N) is 2. The van der Waals surface area contributed by atoms with Gasteiger partial charge in [0.2, 0.25) is 0 Å². The molecule has 2 heterocycles. The van der Waals surface area contributed by atoms with Crippen LogP contribution in [0.15, 0.2) is 30.5 Å². The molecule has 102 valence electrons. The van der Waals surface area contributed by atoms with Crippen LogP contribution in [-0.2, 0) is 6.42 Å². The van der Waals surface area contributed by atoms with E-state index in [2.05, 4.69) is 27.6 Å². The van der Waals surface area contributed by atoms with Crippen LogP contribution in [0.25, 0.3) is 10.9 Å². The highest BCUT2D eigenvalue weighted by Gasteiger charge is 2.23. The molecule has 20 heavy (non-hydrogen) atoms. The van der Waals surface area contributed by atoms with Crippen LogP contribution in [0.4, 0.5) is 5.69 Å². The SMILES string of the molecule is Clc1cc2c(s1)CCCC2Nc1cccc2[nH]ncc12. The molecule has 1 unspecified atom stereocenters. The fourth-order valence-corrected chi connectivity index (χ4v) is 4.34. The number of aromatic amines is 1. The first-order valence-electron chi connectivity index (χ1n) is 6.78. The van der Waals surface area contributed by atoms with E-state index in [1.54, 1.807) is 11.3 Å². The van der Waals surface area contributed by atoms with Gasteiger partial charge in [0.05, 0.1) is 22.1 Å². The van der Waals surface area contributed by atoms with Gasteiger partial charge in [-0.2, -0.15) is 5.10 Å². The largest absolute Gasteiger partial charge is 0.378 e. The maximum absolute atomic E-state index is 6.17. The number of H-pyrrole nitrogens is 1. The lowest BCUT2D eigenvalue weighted by molar-refractivity contribution is 0.609. The van der Waals surface area contributed by atoms with Crippen LogP contribution < -0.4 is 5.32 Å². The van der Waals surface area contributed by atoms with Gasteiger partial charge >= 0.3 is 0 Å². The van der Waals surface area contributed by atoms with Crippen LogP contribution in [0.3, 0.4) is 0 Å². The maximum Gasteiger partial charge on any atom is 0.0934 e. The lowest BCUT2D eigenvalue weighted by atomic mass is 9.93. The topological polar surface area (TPSA) is 40.7 Å². The van der Waals surface area contributed by atoms with E-state index in [0.717, 1.165) is 33.8 Å². The average molecular weight is 304 g/mol. The summed E-state index contributed by atoms with van der Waals surface area (Å²) in [5, 5.41) is 11.9. The molecule has 0 bridgehead atoms. The quantitative estimate of drug-likeness (QED) is 0.716. The lowest BCUT2D eigenvalue weighted by Crippen LogP contribution is -2.15. The number of thiophene rings is 1. The molecule has 3 nitrogen and oxygen atoms in total. The summed E-state index contributed by atoms with van der Waals surface area (Å²) < 4.78 is 0.894. The number of hydrogen-bond acceptors (Lipinski definition) is 3.